The first-order valence-electron chi connectivity index (χ1n) is 9.74. The minimum atomic E-state index is 0.282. The van der Waals surface area contributed by atoms with Crippen LogP contribution in [0.4, 0.5) is 0 Å². The highest BCUT2D eigenvalue weighted by atomic mass is 16.5. The van der Waals surface area contributed by atoms with E-state index in [1.807, 2.05) is 12.1 Å². The number of nitrogens with zero attached hydrogens (tertiary/aromatic N) is 2. The molecule has 0 aromatic heterocycles. The zero-order valence-electron chi connectivity index (χ0n) is 16.7. The summed E-state index contributed by atoms with van der Waals surface area (Å²) in [6.07, 6.45) is 0. The van der Waals surface area contributed by atoms with Gasteiger partial charge in [-0.1, -0.05) is 42.5 Å². The van der Waals surface area contributed by atoms with Crippen LogP contribution in [0.2, 0.25) is 0 Å². The van der Waals surface area contributed by atoms with Crippen LogP contribution in [0.3, 0.4) is 0 Å². The highest BCUT2D eigenvalue weighted by Gasteiger charge is 2.22. The third-order valence-electron chi connectivity index (χ3n) is 4.98. The van der Waals surface area contributed by atoms with Crippen molar-refractivity contribution in [2.24, 2.45) is 4.99 Å². The smallest absolute Gasteiger partial charge is 0.191 e. The Kier molecular flexibility index (Phi) is 7.70. The van der Waals surface area contributed by atoms with Gasteiger partial charge >= 0.3 is 0 Å². The van der Waals surface area contributed by atoms with Gasteiger partial charge < -0.3 is 20.1 Å². The van der Waals surface area contributed by atoms with Gasteiger partial charge in [0.1, 0.15) is 5.75 Å². The van der Waals surface area contributed by atoms with Crippen LogP contribution in [0, 0.1) is 0 Å². The predicted molar refractivity (Wildman–Crippen MR) is 113 cm³/mol. The van der Waals surface area contributed by atoms with Gasteiger partial charge in [-0.2, -0.15) is 0 Å². The highest BCUT2D eigenvalue weighted by Crippen LogP contribution is 2.21. The molecule has 3 rings (SSSR count). The van der Waals surface area contributed by atoms with Gasteiger partial charge in [0.2, 0.25) is 0 Å². The number of ether oxygens (including phenoxy) is 2. The zero-order valence-corrected chi connectivity index (χ0v) is 16.7. The molecular weight excluding hydrogens is 352 g/mol. The maximum Gasteiger partial charge on any atom is 0.191 e. The van der Waals surface area contributed by atoms with Crippen molar-refractivity contribution in [2.75, 3.05) is 47.0 Å². The van der Waals surface area contributed by atoms with Gasteiger partial charge in [0, 0.05) is 33.2 Å². The van der Waals surface area contributed by atoms with Crippen molar-refractivity contribution < 1.29 is 9.47 Å². The van der Waals surface area contributed by atoms with E-state index < -0.39 is 0 Å². The second-order valence-electron chi connectivity index (χ2n) is 6.73. The number of rotatable bonds is 7. The lowest BCUT2D eigenvalue weighted by Gasteiger charge is -2.35. The summed E-state index contributed by atoms with van der Waals surface area (Å²) in [7, 11) is 3.48. The van der Waals surface area contributed by atoms with E-state index in [-0.39, 0.29) is 6.04 Å². The van der Waals surface area contributed by atoms with Gasteiger partial charge in [0.25, 0.3) is 0 Å². The van der Waals surface area contributed by atoms with E-state index in [9.17, 15) is 0 Å². The standard InChI is InChI=1S/C22H30N4O2/c1-23-22(24-16-18-8-10-20(27-2)11-9-18)25-17-21(19-6-4-3-5-7-19)26-12-14-28-15-13-26/h3-11,21H,12-17H2,1-2H3,(H2,23,24,25). The summed E-state index contributed by atoms with van der Waals surface area (Å²) in [6.45, 7) is 4.95. The van der Waals surface area contributed by atoms with E-state index in [2.05, 4.69) is 63.0 Å². The van der Waals surface area contributed by atoms with E-state index in [4.69, 9.17) is 9.47 Å². The molecule has 0 radical (unpaired) electrons. The molecule has 1 unspecified atom stereocenters. The van der Waals surface area contributed by atoms with Gasteiger partial charge in [-0.05, 0) is 23.3 Å². The number of benzene rings is 2. The lowest BCUT2D eigenvalue weighted by atomic mass is 10.0. The molecule has 0 aliphatic carbocycles. The van der Waals surface area contributed by atoms with Crippen LogP contribution in [0.25, 0.3) is 0 Å². The van der Waals surface area contributed by atoms with Gasteiger partial charge in [0.15, 0.2) is 5.96 Å². The van der Waals surface area contributed by atoms with Crippen molar-refractivity contribution in [1.29, 1.82) is 0 Å². The number of morpholine rings is 1. The average Bonchev–Trinajstić information content (AvgIpc) is 2.78. The zero-order chi connectivity index (χ0) is 19.6. The number of guanidine groups is 1. The Morgan fingerprint density at radius 1 is 1.07 bits per heavy atom. The summed E-state index contributed by atoms with van der Waals surface area (Å²) in [5.74, 6) is 1.66. The van der Waals surface area contributed by atoms with E-state index in [0.717, 1.165) is 44.6 Å². The molecule has 1 fully saturated rings. The first kappa shape index (κ1) is 20.2. The molecule has 6 heteroatoms. The third-order valence-corrected chi connectivity index (χ3v) is 4.98. The van der Waals surface area contributed by atoms with E-state index in [1.54, 1.807) is 14.2 Å². The molecule has 6 nitrogen and oxygen atoms in total. The van der Waals surface area contributed by atoms with Crippen molar-refractivity contribution in [3.8, 4) is 5.75 Å². The molecule has 2 N–H and O–H groups in total. The summed E-state index contributed by atoms with van der Waals surface area (Å²) in [4.78, 5) is 6.85. The van der Waals surface area contributed by atoms with Crippen molar-refractivity contribution in [2.45, 2.75) is 12.6 Å². The molecule has 28 heavy (non-hydrogen) atoms. The fourth-order valence-electron chi connectivity index (χ4n) is 3.37. The fourth-order valence-corrected chi connectivity index (χ4v) is 3.37. The van der Waals surface area contributed by atoms with Crippen molar-refractivity contribution in [1.82, 2.24) is 15.5 Å². The van der Waals surface area contributed by atoms with Crippen LogP contribution in [-0.2, 0) is 11.3 Å². The van der Waals surface area contributed by atoms with E-state index in [1.165, 1.54) is 11.1 Å². The summed E-state index contributed by atoms with van der Waals surface area (Å²) < 4.78 is 10.7. The molecule has 150 valence electrons. The summed E-state index contributed by atoms with van der Waals surface area (Å²) >= 11 is 0. The fraction of sp³-hybridized carbons (Fsp3) is 0.409. The molecule has 2 aromatic rings. The Hall–Kier alpha value is -2.57. The molecule has 2 aromatic carbocycles. The Balaban J connectivity index is 1.58. The largest absolute Gasteiger partial charge is 0.497 e. The van der Waals surface area contributed by atoms with Crippen molar-refractivity contribution >= 4 is 5.96 Å². The van der Waals surface area contributed by atoms with Gasteiger partial charge in [-0.25, -0.2) is 0 Å². The lowest BCUT2D eigenvalue weighted by molar-refractivity contribution is 0.0170. The second-order valence-corrected chi connectivity index (χ2v) is 6.73. The first-order chi connectivity index (χ1) is 13.8. The summed E-state index contributed by atoms with van der Waals surface area (Å²) in [6, 6.07) is 19.0. The molecule has 0 amide bonds. The second kappa shape index (κ2) is 10.7. The van der Waals surface area contributed by atoms with Crippen LogP contribution in [0.5, 0.6) is 5.75 Å². The van der Waals surface area contributed by atoms with E-state index >= 15 is 0 Å². The molecule has 0 saturated carbocycles. The minimum Gasteiger partial charge on any atom is -0.497 e. The van der Waals surface area contributed by atoms with Crippen molar-refractivity contribution in [3.63, 3.8) is 0 Å². The van der Waals surface area contributed by atoms with Gasteiger partial charge in [0.05, 0.1) is 26.4 Å². The molecule has 1 saturated heterocycles. The average molecular weight is 383 g/mol. The van der Waals surface area contributed by atoms with Crippen LogP contribution >= 0.6 is 0 Å². The number of methoxy groups -OCH3 is 1. The topological polar surface area (TPSA) is 58.1 Å². The van der Waals surface area contributed by atoms with Crippen LogP contribution < -0.4 is 15.4 Å². The quantitative estimate of drug-likeness (QED) is 0.569. The first-order valence-corrected chi connectivity index (χ1v) is 9.74. The van der Waals surface area contributed by atoms with Crippen LogP contribution in [0.15, 0.2) is 59.6 Å². The minimum absolute atomic E-state index is 0.282. The normalized spacial score (nSPS) is 16.4. The van der Waals surface area contributed by atoms with E-state index in [0.29, 0.717) is 6.54 Å². The monoisotopic (exact) mass is 382 g/mol. The maximum atomic E-state index is 5.53. The molecule has 0 spiro atoms. The predicted octanol–water partition coefficient (Wildman–Crippen LogP) is 2.43. The molecule has 1 aliphatic heterocycles. The number of nitrogens with one attached hydrogen (secondary N) is 2. The highest BCUT2D eigenvalue weighted by molar-refractivity contribution is 5.79. The van der Waals surface area contributed by atoms with Crippen molar-refractivity contribution in [3.05, 3.63) is 65.7 Å². The Morgan fingerprint density at radius 2 is 1.79 bits per heavy atom. The Bertz CT molecular complexity index is 728. The molecule has 1 aliphatic rings. The lowest BCUT2D eigenvalue weighted by Crippen LogP contribution is -2.46. The van der Waals surface area contributed by atoms with Gasteiger partial charge in [-0.15, -0.1) is 0 Å². The molecular formula is C22H30N4O2. The van der Waals surface area contributed by atoms with Crippen LogP contribution in [0.1, 0.15) is 17.2 Å². The number of aliphatic imine (C=N–C) groups is 1. The molecule has 1 heterocycles. The summed E-state index contributed by atoms with van der Waals surface area (Å²) in [5.41, 5.74) is 2.49. The maximum absolute atomic E-state index is 5.53. The summed E-state index contributed by atoms with van der Waals surface area (Å²) in [5, 5.41) is 6.88. The third kappa shape index (κ3) is 5.71. The molecule has 1 atom stereocenters. The molecule has 0 bridgehead atoms. The van der Waals surface area contributed by atoms with Crippen LogP contribution in [-0.4, -0.2) is 57.9 Å². The SMILES string of the molecule is CN=C(NCc1ccc(OC)cc1)NCC(c1ccccc1)N1CCOCC1. The number of hydrogen-bond acceptors (Lipinski definition) is 4. The Labute approximate surface area is 167 Å². The van der Waals surface area contributed by atoms with Gasteiger partial charge in [-0.3, -0.25) is 9.89 Å². The number of hydrogen-bond donors (Lipinski definition) is 2. The Morgan fingerprint density at radius 3 is 2.43 bits per heavy atom.